The maximum absolute atomic E-state index is 14.0. The van der Waals surface area contributed by atoms with Crippen LogP contribution in [-0.4, -0.2) is 9.78 Å². The molecule has 0 amide bonds. The average Bonchev–Trinajstić information content (AvgIpc) is 2.89. The molecule has 1 aromatic heterocycles. The molecule has 3 N–H and O–H groups in total. The second-order valence-corrected chi connectivity index (χ2v) is 5.24. The summed E-state index contributed by atoms with van der Waals surface area (Å²) in [6, 6.07) is 6.90. The Morgan fingerprint density at radius 2 is 2.10 bits per heavy atom. The number of aryl methyl sites for hydroxylation is 3. The highest BCUT2D eigenvalue weighted by Crippen LogP contribution is 2.22. The molecule has 0 fully saturated rings. The van der Waals surface area contributed by atoms with Crippen molar-refractivity contribution in [2.24, 2.45) is 5.84 Å². The number of nitrogens with zero attached hydrogens (tertiary/aromatic N) is 2. The van der Waals surface area contributed by atoms with Gasteiger partial charge in [0.15, 0.2) is 0 Å². The van der Waals surface area contributed by atoms with E-state index in [4.69, 9.17) is 5.84 Å². The standard InChI is InChI=1S/C16H23FN4/c1-4-12-9-13(21(5-2)20-12)10-16(19-18)14-8-11(3)6-7-15(14)17/h6-9,16,19H,4-5,10,18H2,1-3H3. The fourth-order valence-corrected chi connectivity index (χ4v) is 2.52. The van der Waals surface area contributed by atoms with Crippen LogP contribution in [-0.2, 0) is 19.4 Å². The first-order valence-electron chi connectivity index (χ1n) is 7.36. The zero-order chi connectivity index (χ0) is 15.4. The molecule has 0 aliphatic rings. The van der Waals surface area contributed by atoms with E-state index in [0.717, 1.165) is 29.9 Å². The Bertz CT molecular complexity index is 606. The molecule has 0 aliphatic heterocycles. The average molecular weight is 290 g/mol. The molecule has 0 saturated carbocycles. The van der Waals surface area contributed by atoms with Crippen molar-refractivity contribution < 1.29 is 4.39 Å². The summed E-state index contributed by atoms with van der Waals surface area (Å²) in [4.78, 5) is 0. The van der Waals surface area contributed by atoms with Gasteiger partial charge in [-0.3, -0.25) is 16.0 Å². The lowest BCUT2D eigenvalue weighted by Crippen LogP contribution is -2.31. The first kappa shape index (κ1) is 15.7. The number of aromatic nitrogens is 2. The Hall–Kier alpha value is -1.72. The van der Waals surface area contributed by atoms with Crippen LogP contribution in [0.25, 0.3) is 0 Å². The Morgan fingerprint density at radius 3 is 2.71 bits per heavy atom. The summed E-state index contributed by atoms with van der Waals surface area (Å²) < 4.78 is 16.0. The van der Waals surface area contributed by atoms with Gasteiger partial charge in [0.1, 0.15) is 5.82 Å². The Labute approximate surface area is 125 Å². The zero-order valence-electron chi connectivity index (χ0n) is 12.9. The summed E-state index contributed by atoms with van der Waals surface area (Å²) >= 11 is 0. The third-order valence-electron chi connectivity index (χ3n) is 3.72. The van der Waals surface area contributed by atoms with E-state index in [0.29, 0.717) is 12.0 Å². The maximum Gasteiger partial charge on any atom is 0.128 e. The van der Waals surface area contributed by atoms with Gasteiger partial charge < -0.3 is 0 Å². The van der Waals surface area contributed by atoms with Crippen molar-refractivity contribution in [3.8, 4) is 0 Å². The lowest BCUT2D eigenvalue weighted by molar-refractivity contribution is 0.489. The number of halogens is 1. The summed E-state index contributed by atoms with van der Waals surface area (Å²) in [5, 5.41) is 4.52. The minimum absolute atomic E-state index is 0.234. The van der Waals surface area contributed by atoms with Crippen LogP contribution in [0.3, 0.4) is 0 Å². The number of nitrogens with one attached hydrogen (secondary N) is 1. The number of hydrogen-bond donors (Lipinski definition) is 2. The fourth-order valence-electron chi connectivity index (χ4n) is 2.52. The molecule has 4 nitrogen and oxygen atoms in total. The first-order valence-corrected chi connectivity index (χ1v) is 7.36. The third kappa shape index (κ3) is 3.49. The number of hydrazine groups is 1. The molecule has 114 valence electrons. The van der Waals surface area contributed by atoms with Gasteiger partial charge in [0.2, 0.25) is 0 Å². The second kappa shape index (κ2) is 6.83. The molecule has 5 heteroatoms. The van der Waals surface area contributed by atoms with Crippen molar-refractivity contribution in [2.75, 3.05) is 0 Å². The van der Waals surface area contributed by atoms with Crippen molar-refractivity contribution in [2.45, 2.75) is 46.2 Å². The summed E-state index contributed by atoms with van der Waals surface area (Å²) in [7, 11) is 0. The summed E-state index contributed by atoms with van der Waals surface area (Å²) in [6.45, 7) is 6.87. The van der Waals surface area contributed by atoms with Crippen molar-refractivity contribution in [3.63, 3.8) is 0 Å². The topological polar surface area (TPSA) is 55.9 Å². The van der Waals surface area contributed by atoms with E-state index in [1.54, 1.807) is 6.07 Å². The van der Waals surface area contributed by atoms with Gasteiger partial charge in [-0.2, -0.15) is 5.10 Å². The highest BCUT2D eigenvalue weighted by Gasteiger charge is 2.18. The molecule has 1 aromatic carbocycles. The molecule has 2 rings (SSSR count). The molecule has 0 saturated heterocycles. The van der Waals surface area contributed by atoms with Gasteiger partial charge in [0.05, 0.1) is 11.7 Å². The van der Waals surface area contributed by atoms with Crippen LogP contribution < -0.4 is 11.3 Å². The number of nitrogens with two attached hydrogens (primary N) is 1. The van der Waals surface area contributed by atoms with Crippen molar-refractivity contribution in [3.05, 3.63) is 52.6 Å². The molecule has 1 heterocycles. The van der Waals surface area contributed by atoms with E-state index in [2.05, 4.69) is 23.5 Å². The molecule has 0 aliphatic carbocycles. The fraction of sp³-hybridized carbons (Fsp3) is 0.438. The summed E-state index contributed by atoms with van der Waals surface area (Å²) in [5.74, 6) is 5.42. The van der Waals surface area contributed by atoms with Gasteiger partial charge in [-0.05, 0) is 32.4 Å². The molecule has 0 spiro atoms. The SMILES string of the molecule is CCc1cc(CC(NN)c2cc(C)ccc2F)n(CC)n1. The van der Waals surface area contributed by atoms with E-state index in [9.17, 15) is 4.39 Å². The molecule has 0 radical (unpaired) electrons. The van der Waals surface area contributed by atoms with Gasteiger partial charge in [0, 0.05) is 24.2 Å². The van der Waals surface area contributed by atoms with E-state index in [-0.39, 0.29) is 11.9 Å². The van der Waals surface area contributed by atoms with Crippen LogP contribution >= 0.6 is 0 Å². The van der Waals surface area contributed by atoms with Crippen LogP contribution in [0.5, 0.6) is 0 Å². The molecule has 1 atom stereocenters. The molecule has 1 unspecified atom stereocenters. The molecule has 2 aromatic rings. The minimum Gasteiger partial charge on any atom is -0.271 e. The largest absolute Gasteiger partial charge is 0.271 e. The minimum atomic E-state index is -0.267. The van der Waals surface area contributed by atoms with E-state index >= 15 is 0 Å². The predicted octanol–water partition coefficient (Wildman–Crippen LogP) is 2.66. The molecular formula is C16H23FN4. The monoisotopic (exact) mass is 290 g/mol. The van der Waals surface area contributed by atoms with Gasteiger partial charge >= 0.3 is 0 Å². The predicted molar refractivity (Wildman–Crippen MR) is 82.2 cm³/mol. The molecular weight excluding hydrogens is 267 g/mol. The third-order valence-corrected chi connectivity index (χ3v) is 3.72. The summed E-state index contributed by atoms with van der Waals surface area (Å²) in [5.41, 5.74) is 6.46. The molecule has 0 bridgehead atoms. The van der Waals surface area contributed by atoms with E-state index < -0.39 is 0 Å². The van der Waals surface area contributed by atoms with Gasteiger partial charge in [-0.1, -0.05) is 24.6 Å². The van der Waals surface area contributed by atoms with Crippen LogP contribution in [0.1, 0.15) is 42.4 Å². The summed E-state index contributed by atoms with van der Waals surface area (Å²) in [6.07, 6.45) is 1.50. The quantitative estimate of drug-likeness (QED) is 0.635. The van der Waals surface area contributed by atoms with Crippen LogP contribution in [0.15, 0.2) is 24.3 Å². The highest BCUT2D eigenvalue weighted by molar-refractivity contribution is 5.28. The number of benzene rings is 1. The number of hydrogen-bond acceptors (Lipinski definition) is 3. The van der Waals surface area contributed by atoms with Gasteiger partial charge in [-0.15, -0.1) is 0 Å². The van der Waals surface area contributed by atoms with Gasteiger partial charge in [-0.25, -0.2) is 4.39 Å². The highest BCUT2D eigenvalue weighted by atomic mass is 19.1. The Balaban J connectivity index is 2.30. The lowest BCUT2D eigenvalue weighted by atomic mass is 10.00. The van der Waals surface area contributed by atoms with Crippen LogP contribution in [0, 0.1) is 12.7 Å². The van der Waals surface area contributed by atoms with Crippen LogP contribution in [0.2, 0.25) is 0 Å². The Kier molecular flexibility index (Phi) is 5.09. The smallest absolute Gasteiger partial charge is 0.128 e. The molecule has 21 heavy (non-hydrogen) atoms. The second-order valence-electron chi connectivity index (χ2n) is 5.24. The normalized spacial score (nSPS) is 12.6. The van der Waals surface area contributed by atoms with E-state index in [1.807, 2.05) is 24.6 Å². The lowest BCUT2D eigenvalue weighted by Gasteiger charge is -2.18. The first-order chi connectivity index (χ1) is 10.1. The number of rotatable bonds is 6. The van der Waals surface area contributed by atoms with Crippen molar-refractivity contribution >= 4 is 0 Å². The zero-order valence-corrected chi connectivity index (χ0v) is 12.9. The van der Waals surface area contributed by atoms with Gasteiger partial charge in [0.25, 0.3) is 0 Å². The van der Waals surface area contributed by atoms with Crippen LogP contribution in [0.4, 0.5) is 4.39 Å². The van der Waals surface area contributed by atoms with Crippen molar-refractivity contribution in [1.29, 1.82) is 0 Å². The van der Waals surface area contributed by atoms with E-state index in [1.165, 1.54) is 6.07 Å². The Morgan fingerprint density at radius 1 is 1.33 bits per heavy atom. The maximum atomic E-state index is 14.0. The van der Waals surface area contributed by atoms with Crippen molar-refractivity contribution in [1.82, 2.24) is 15.2 Å².